The number of hydrogen-bond donors (Lipinski definition) is 2. The van der Waals surface area contributed by atoms with Gasteiger partial charge in [0.05, 0.1) is 12.3 Å². The summed E-state index contributed by atoms with van der Waals surface area (Å²) in [5.74, 6) is 2.31. The number of nitrogens with one attached hydrogen (secondary N) is 1. The fourth-order valence-electron chi connectivity index (χ4n) is 2.37. The Balaban J connectivity index is 1.54. The molecule has 1 aliphatic heterocycles. The monoisotopic (exact) mass is 320 g/mol. The number of rotatable bonds is 6. The number of thioether (sulfide) groups is 1. The van der Waals surface area contributed by atoms with Crippen LogP contribution in [-0.4, -0.2) is 45.0 Å². The van der Waals surface area contributed by atoms with Crippen LogP contribution in [0.15, 0.2) is 23.6 Å². The molecule has 7 nitrogen and oxygen atoms in total. The first kappa shape index (κ1) is 15.1. The maximum Gasteiger partial charge on any atom is 0.222 e. The smallest absolute Gasteiger partial charge is 0.222 e. The summed E-state index contributed by atoms with van der Waals surface area (Å²) in [6.45, 7) is 2.29. The number of nitrogens with two attached hydrogens (primary N) is 1. The molecule has 1 fully saturated rings. The largest absolute Gasteiger partial charge is 0.381 e. The van der Waals surface area contributed by atoms with E-state index in [1.165, 1.54) is 0 Å². The number of anilines is 2. The molecular weight excluding hydrogens is 300 g/mol. The molecule has 0 aromatic carbocycles. The number of aryl methyl sites for hydroxylation is 1. The first-order valence-electron chi connectivity index (χ1n) is 7.28. The summed E-state index contributed by atoms with van der Waals surface area (Å²) in [5.41, 5.74) is 6.77. The molecule has 0 spiro atoms. The van der Waals surface area contributed by atoms with Crippen LogP contribution in [0.2, 0.25) is 0 Å². The minimum atomic E-state index is 0.309. The molecule has 3 heterocycles. The first-order valence-corrected chi connectivity index (χ1v) is 8.27. The topological polar surface area (TPSA) is 90.9 Å². The summed E-state index contributed by atoms with van der Waals surface area (Å²) in [5, 5.41) is 4.31. The van der Waals surface area contributed by atoms with E-state index in [1.807, 2.05) is 23.9 Å². The van der Waals surface area contributed by atoms with Crippen molar-refractivity contribution < 1.29 is 4.74 Å². The molecule has 1 unspecified atom stereocenters. The Morgan fingerprint density at radius 1 is 1.50 bits per heavy atom. The number of nitrogens with zero attached hydrogens (tertiary/aromatic N) is 4. The van der Waals surface area contributed by atoms with Gasteiger partial charge in [0.1, 0.15) is 5.82 Å². The van der Waals surface area contributed by atoms with Crippen molar-refractivity contribution in [2.24, 2.45) is 7.05 Å². The maximum atomic E-state index is 5.81. The van der Waals surface area contributed by atoms with Gasteiger partial charge in [0.25, 0.3) is 0 Å². The van der Waals surface area contributed by atoms with Gasteiger partial charge in [-0.25, -0.2) is 9.97 Å². The normalized spacial score (nSPS) is 17.8. The number of nitrogen functional groups attached to an aromatic ring is 1. The van der Waals surface area contributed by atoms with Crippen molar-refractivity contribution in [1.82, 2.24) is 19.5 Å². The average Bonchev–Trinajstić information content (AvgIpc) is 3.15. The molecule has 0 radical (unpaired) electrons. The van der Waals surface area contributed by atoms with Gasteiger partial charge in [-0.3, -0.25) is 0 Å². The molecule has 2 aromatic rings. The van der Waals surface area contributed by atoms with E-state index < -0.39 is 0 Å². The van der Waals surface area contributed by atoms with E-state index in [2.05, 4.69) is 20.3 Å². The molecule has 0 bridgehead atoms. The van der Waals surface area contributed by atoms with Crippen LogP contribution in [0.4, 0.5) is 11.8 Å². The third kappa shape index (κ3) is 3.69. The third-order valence-corrected chi connectivity index (χ3v) is 4.59. The standard InChI is InChI=1S/C14H20N6OS/c1-20-5-3-17-14(20)22-7-4-16-12-8-11(18-13(15)19-12)10-2-6-21-9-10/h3,5,8,10H,2,4,6-7,9H2,1H3,(H3,15,16,18,19). The molecule has 8 heteroatoms. The molecule has 3 N–H and O–H groups in total. The summed E-state index contributed by atoms with van der Waals surface area (Å²) >= 11 is 1.70. The predicted molar refractivity (Wildman–Crippen MR) is 87.0 cm³/mol. The fraction of sp³-hybridized carbons (Fsp3) is 0.500. The molecule has 1 aliphatic rings. The highest BCUT2D eigenvalue weighted by Crippen LogP contribution is 2.25. The number of hydrogen-bond acceptors (Lipinski definition) is 7. The van der Waals surface area contributed by atoms with Gasteiger partial charge in [-0.05, 0) is 6.42 Å². The molecule has 0 amide bonds. The van der Waals surface area contributed by atoms with Crippen molar-refractivity contribution in [3.05, 3.63) is 24.2 Å². The molecule has 2 aromatic heterocycles. The van der Waals surface area contributed by atoms with Crippen LogP contribution in [0, 0.1) is 0 Å². The lowest BCUT2D eigenvalue weighted by Gasteiger charge is -2.11. The summed E-state index contributed by atoms with van der Waals surface area (Å²) in [6.07, 6.45) is 4.73. The zero-order valence-corrected chi connectivity index (χ0v) is 13.3. The van der Waals surface area contributed by atoms with Gasteiger partial charge in [0.15, 0.2) is 5.16 Å². The Labute approximate surface area is 133 Å². The van der Waals surface area contributed by atoms with Crippen LogP contribution in [-0.2, 0) is 11.8 Å². The van der Waals surface area contributed by atoms with E-state index in [0.29, 0.717) is 18.5 Å². The number of imidazole rings is 1. The van der Waals surface area contributed by atoms with E-state index in [-0.39, 0.29) is 0 Å². The lowest BCUT2D eigenvalue weighted by molar-refractivity contribution is 0.193. The molecule has 0 aliphatic carbocycles. The second kappa shape index (κ2) is 6.97. The quantitative estimate of drug-likeness (QED) is 0.615. The highest BCUT2D eigenvalue weighted by molar-refractivity contribution is 7.99. The summed E-state index contributed by atoms with van der Waals surface area (Å²) in [6, 6.07) is 1.97. The second-order valence-corrected chi connectivity index (χ2v) is 6.25. The van der Waals surface area contributed by atoms with Crippen LogP contribution in [0.25, 0.3) is 0 Å². The third-order valence-electron chi connectivity index (χ3n) is 3.53. The van der Waals surface area contributed by atoms with Gasteiger partial charge in [-0.1, -0.05) is 11.8 Å². The molecular formula is C14H20N6OS. The molecule has 1 saturated heterocycles. The van der Waals surface area contributed by atoms with Gasteiger partial charge in [0, 0.05) is 50.3 Å². The zero-order valence-electron chi connectivity index (χ0n) is 12.5. The van der Waals surface area contributed by atoms with Crippen molar-refractivity contribution in [3.8, 4) is 0 Å². The van der Waals surface area contributed by atoms with Gasteiger partial charge in [-0.15, -0.1) is 0 Å². The van der Waals surface area contributed by atoms with Crippen LogP contribution in [0.3, 0.4) is 0 Å². The lowest BCUT2D eigenvalue weighted by atomic mass is 10.0. The van der Waals surface area contributed by atoms with Gasteiger partial charge < -0.3 is 20.4 Å². The zero-order chi connectivity index (χ0) is 15.4. The maximum absolute atomic E-state index is 5.81. The van der Waals surface area contributed by atoms with Crippen LogP contribution >= 0.6 is 11.8 Å². The van der Waals surface area contributed by atoms with Crippen LogP contribution < -0.4 is 11.1 Å². The number of aromatic nitrogens is 4. The first-order chi connectivity index (χ1) is 10.7. The van der Waals surface area contributed by atoms with Crippen molar-refractivity contribution in [2.45, 2.75) is 17.5 Å². The summed E-state index contributed by atoms with van der Waals surface area (Å²) in [7, 11) is 1.99. The van der Waals surface area contributed by atoms with Crippen LogP contribution in [0.5, 0.6) is 0 Å². The SMILES string of the molecule is Cn1ccnc1SCCNc1cc(C2CCOC2)nc(N)n1. The molecule has 3 rings (SSSR count). The van der Waals surface area contributed by atoms with E-state index >= 15 is 0 Å². The van der Waals surface area contributed by atoms with Gasteiger partial charge in [-0.2, -0.15) is 4.98 Å². The molecule has 22 heavy (non-hydrogen) atoms. The Morgan fingerprint density at radius 3 is 3.14 bits per heavy atom. The number of ether oxygens (including phenoxy) is 1. The van der Waals surface area contributed by atoms with Crippen LogP contribution in [0.1, 0.15) is 18.0 Å². The lowest BCUT2D eigenvalue weighted by Crippen LogP contribution is -2.11. The van der Waals surface area contributed by atoms with E-state index in [9.17, 15) is 0 Å². The average molecular weight is 320 g/mol. The summed E-state index contributed by atoms with van der Waals surface area (Å²) < 4.78 is 7.41. The van der Waals surface area contributed by atoms with Crippen molar-refractivity contribution >= 4 is 23.5 Å². The van der Waals surface area contributed by atoms with Gasteiger partial charge in [0.2, 0.25) is 5.95 Å². The minimum Gasteiger partial charge on any atom is -0.381 e. The van der Waals surface area contributed by atoms with Crippen molar-refractivity contribution in [1.29, 1.82) is 0 Å². The highest BCUT2D eigenvalue weighted by Gasteiger charge is 2.20. The van der Waals surface area contributed by atoms with E-state index in [4.69, 9.17) is 10.5 Å². The predicted octanol–water partition coefficient (Wildman–Crippen LogP) is 1.50. The molecule has 1 atom stereocenters. The Morgan fingerprint density at radius 2 is 2.41 bits per heavy atom. The molecule has 0 saturated carbocycles. The second-order valence-electron chi connectivity index (χ2n) is 5.19. The molecule has 118 valence electrons. The van der Waals surface area contributed by atoms with Crippen molar-refractivity contribution in [2.75, 3.05) is 36.6 Å². The van der Waals surface area contributed by atoms with Crippen molar-refractivity contribution in [3.63, 3.8) is 0 Å². The van der Waals surface area contributed by atoms with Gasteiger partial charge >= 0.3 is 0 Å². The Kier molecular flexibility index (Phi) is 4.79. The Bertz CT molecular complexity index is 626. The summed E-state index contributed by atoms with van der Waals surface area (Å²) in [4.78, 5) is 12.8. The Hall–Kier alpha value is -1.80. The highest BCUT2D eigenvalue weighted by atomic mass is 32.2. The van der Waals surface area contributed by atoms with E-state index in [1.54, 1.807) is 18.0 Å². The van der Waals surface area contributed by atoms with E-state index in [0.717, 1.165) is 42.0 Å². The fourth-order valence-corrected chi connectivity index (χ4v) is 3.15. The minimum absolute atomic E-state index is 0.309.